The Labute approximate surface area is 203 Å². The minimum atomic E-state index is -0.655. The third kappa shape index (κ3) is 4.35. The van der Waals surface area contributed by atoms with E-state index >= 15 is 0 Å². The smallest absolute Gasteiger partial charge is 0.343 e. The Morgan fingerprint density at radius 2 is 1.89 bits per heavy atom. The van der Waals surface area contributed by atoms with Crippen molar-refractivity contribution >= 4 is 34.3 Å². The van der Waals surface area contributed by atoms with E-state index in [0.29, 0.717) is 11.6 Å². The van der Waals surface area contributed by atoms with Crippen LogP contribution in [-0.4, -0.2) is 41.2 Å². The predicted octanol–water partition coefficient (Wildman–Crippen LogP) is 4.26. The summed E-state index contributed by atoms with van der Waals surface area (Å²) in [5.41, 5.74) is 5.28. The third-order valence-electron chi connectivity index (χ3n) is 6.24. The van der Waals surface area contributed by atoms with Gasteiger partial charge in [0.2, 0.25) is 11.4 Å². The van der Waals surface area contributed by atoms with Gasteiger partial charge in [-0.15, -0.1) is 0 Å². The van der Waals surface area contributed by atoms with Gasteiger partial charge in [0.05, 0.1) is 12.0 Å². The van der Waals surface area contributed by atoms with Gasteiger partial charge < -0.3 is 19.5 Å². The van der Waals surface area contributed by atoms with Gasteiger partial charge in [0.15, 0.2) is 5.65 Å². The fourth-order valence-corrected chi connectivity index (χ4v) is 4.40. The van der Waals surface area contributed by atoms with Crippen molar-refractivity contribution in [1.29, 1.82) is 0 Å². The topological polar surface area (TPSA) is 89.3 Å². The van der Waals surface area contributed by atoms with Gasteiger partial charge in [-0.1, -0.05) is 6.07 Å². The Balaban J connectivity index is 1.63. The number of benzene rings is 2. The van der Waals surface area contributed by atoms with Crippen molar-refractivity contribution in [2.45, 2.75) is 26.2 Å². The molecule has 8 heteroatoms. The van der Waals surface area contributed by atoms with E-state index in [1.807, 2.05) is 49.3 Å². The Bertz CT molecular complexity index is 1480. The zero-order chi connectivity index (χ0) is 24.5. The second-order valence-electron chi connectivity index (χ2n) is 8.77. The molecule has 178 valence electrons. The summed E-state index contributed by atoms with van der Waals surface area (Å²) >= 11 is 0. The molecule has 35 heavy (non-hydrogen) atoms. The standard InChI is InChI=1S/C27H27N5O3/c1-4-35-26(34)23-16-32(21-11-8-17-6-5-7-18(17)14-21)25-22(24(23)33)15-28-27(30-25)29-19-9-12-20(13-10-19)31(2)3/h8-16H,4-7H2,1-3H3,(H,28,29,30). The maximum absolute atomic E-state index is 13.2. The summed E-state index contributed by atoms with van der Waals surface area (Å²) in [5, 5.41) is 3.47. The molecule has 0 amide bonds. The first-order valence-electron chi connectivity index (χ1n) is 11.7. The Hall–Kier alpha value is -4.20. The number of nitrogens with one attached hydrogen (secondary N) is 1. The molecular formula is C27H27N5O3. The molecular weight excluding hydrogens is 442 g/mol. The molecule has 0 saturated carbocycles. The van der Waals surface area contributed by atoms with Gasteiger partial charge in [0.25, 0.3) is 0 Å². The number of carbonyl (C=O) groups is 1. The van der Waals surface area contributed by atoms with Crippen LogP contribution < -0.4 is 15.6 Å². The fraction of sp³-hybridized carbons (Fsp3) is 0.259. The highest BCUT2D eigenvalue weighted by Gasteiger charge is 2.20. The van der Waals surface area contributed by atoms with Crippen LogP contribution >= 0.6 is 0 Å². The molecule has 0 unspecified atom stereocenters. The number of esters is 1. The van der Waals surface area contributed by atoms with Crippen molar-refractivity contribution < 1.29 is 9.53 Å². The molecule has 1 aliphatic rings. The van der Waals surface area contributed by atoms with Crippen LogP contribution in [0.5, 0.6) is 0 Å². The van der Waals surface area contributed by atoms with Crippen molar-refractivity contribution in [1.82, 2.24) is 14.5 Å². The van der Waals surface area contributed by atoms with Crippen LogP contribution in [0, 0.1) is 0 Å². The molecule has 5 rings (SSSR count). The van der Waals surface area contributed by atoms with Crippen LogP contribution in [0.4, 0.5) is 17.3 Å². The Morgan fingerprint density at radius 3 is 2.63 bits per heavy atom. The number of hydrogen-bond donors (Lipinski definition) is 1. The number of hydrogen-bond acceptors (Lipinski definition) is 7. The van der Waals surface area contributed by atoms with E-state index in [1.54, 1.807) is 11.5 Å². The fourth-order valence-electron chi connectivity index (χ4n) is 4.40. The summed E-state index contributed by atoms with van der Waals surface area (Å²) < 4.78 is 6.92. The predicted molar refractivity (Wildman–Crippen MR) is 137 cm³/mol. The molecule has 0 fully saturated rings. The number of aryl methyl sites for hydroxylation is 2. The number of pyridine rings is 1. The summed E-state index contributed by atoms with van der Waals surface area (Å²) in [7, 11) is 3.97. The molecule has 0 bridgehead atoms. The first kappa shape index (κ1) is 22.6. The Kier molecular flexibility index (Phi) is 5.94. The summed E-state index contributed by atoms with van der Waals surface area (Å²) in [5.74, 6) is -0.300. The largest absolute Gasteiger partial charge is 0.462 e. The number of rotatable bonds is 6. The summed E-state index contributed by atoms with van der Waals surface area (Å²) in [6.07, 6.45) is 6.20. The lowest BCUT2D eigenvalue weighted by atomic mass is 10.1. The van der Waals surface area contributed by atoms with E-state index in [9.17, 15) is 9.59 Å². The van der Waals surface area contributed by atoms with Crippen molar-refractivity contribution in [2.75, 3.05) is 30.9 Å². The number of carbonyl (C=O) groups excluding carboxylic acids is 1. The molecule has 2 aromatic carbocycles. The highest BCUT2D eigenvalue weighted by Crippen LogP contribution is 2.26. The number of anilines is 3. The van der Waals surface area contributed by atoms with Crippen molar-refractivity contribution in [3.8, 4) is 5.69 Å². The van der Waals surface area contributed by atoms with E-state index < -0.39 is 11.4 Å². The molecule has 0 atom stereocenters. The SMILES string of the molecule is CCOC(=O)c1cn(-c2ccc3c(c2)CCC3)c2nc(Nc3ccc(N(C)C)cc3)ncc2c1=O. The van der Waals surface area contributed by atoms with Gasteiger partial charge in [-0.25, -0.2) is 9.78 Å². The Morgan fingerprint density at radius 1 is 1.11 bits per heavy atom. The number of fused-ring (bicyclic) bond motifs is 2. The second-order valence-corrected chi connectivity index (χ2v) is 8.77. The number of ether oxygens (including phenoxy) is 1. The highest BCUT2D eigenvalue weighted by molar-refractivity contribution is 5.93. The third-order valence-corrected chi connectivity index (χ3v) is 6.24. The molecule has 0 radical (unpaired) electrons. The van der Waals surface area contributed by atoms with E-state index in [2.05, 4.69) is 27.4 Å². The van der Waals surface area contributed by atoms with E-state index in [1.165, 1.54) is 23.5 Å². The van der Waals surface area contributed by atoms with Gasteiger partial charge in [0, 0.05) is 43.6 Å². The minimum Gasteiger partial charge on any atom is -0.462 e. The van der Waals surface area contributed by atoms with Crippen molar-refractivity contribution in [3.63, 3.8) is 0 Å². The quantitative estimate of drug-likeness (QED) is 0.422. The van der Waals surface area contributed by atoms with Crippen LogP contribution in [0.2, 0.25) is 0 Å². The number of nitrogens with zero attached hydrogens (tertiary/aromatic N) is 4. The van der Waals surface area contributed by atoms with Gasteiger partial charge in [-0.2, -0.15) is 4.98 Å². The second kappa shape index (κ2) is 9.21. The summed E-state index contributed by atoms with van der Waals surface area (Å²) in [4.78, 5) is 36.8. The normalized spacial score (nSPS) is 12.4. The summed E-state index contributed by atoms with van der Waals surface area (Å²) in [6.45, 7) is 1.89. The first-order valence-corrected chi connectivity index (χ1v) is 11.7. The van der Waals surface area contributed by atoms with Gasteiger partial charge in [-0.05, 0) is 73.7 Å². The molecule has 1 N–H and O–H groups in total. The zero-order valence-electron chi connectivity index (χ0n) is 20.0. The van der Waals surface area contributed by atoms with Crippen LogP contribution in [0.25, 0.3) is 16.7 Å². The first-order chi connectivity index (χ1) is 16.9. The molecule has 2 heterocycles. The molecule has 4 aromatic rings. The van der Waals surface area contributed by atoms with Crippen molar-refractivity contribution in [2.24, 2.45) is 0 Å². The average molecular weight is 470 g/mol. The van der Waals surface area contributed by atoms with Crippen LogP contribution in [0.15, 0.2) is 59.7 Å². The van der Waals surface area contributed by atoms with Gasteiger partial charge in [0.1, 0.15) is 5.56 Å². The molecule has 0 aliphatic heterocycles. The number of aromatic nitrogens is 3. The lowest BCUT2D eigenvalue weighted by Gasteiger charge is -2.15. The zero-order valence-corrected chi connectivity index (χ0v) is 20.0. The highest BCUT2D eigenvalue weighted by atomic mass is 16.5. The van der Waals surface area contributed by atoms with E-state index in [4.69, 9.17) is 4.74 Å². The molecule has 0 spiro atoms. The monoisotopic (exact) mass is 469 g/mol. The molecule has 2 aromatic heterocycles. The van der Waals surface area contributed by atoms with E-state index in [-0.39, 0.29) is 17.6 Å². The molecule has 1 aliphatic carbocycles. The molecule has 0 saturated heterocycles. The molecule has 8 nitrogen and oxygen atoms in total. The average Bonchev–Trinajstić information content (AvgIpc) is 3.33. The lowest BCUT2D eigenvalue weighted by molar-refractivity contribution is 0.0524. The minimum absolute atomic E-state index is 0.0385. The van der Waals surface area contributed by atoms with Gasteiger partial charge in [-0.3, -0.25) is 4.79 Å². The lowest BCUT2D eigenvalue weighted by Crippen LogP contribution is -2.21. The van der Waals surface area contributed by atoms with Gasteiger partial charge >= 0.3 is 5.97 Å². The van der Waals surface area contributed by atoms with Crippen LogP contribution in [0.1, 0.15) is 34.8 Å². The van der Waals surface area contributed by atoms with Crippen LogP contribution in [0.3, 0.4) is 0 Å². The summed E-state index contributed by atoms with van der Waals surface area (Å²) in [6, 6.07) is 14.1. The maximum atomic E-state index is 13.2. The van der Waals surface area contributed by atoms with Crippen molar-refractivity contribution in [3.05, 3.63) is 81.8 Å². The maximum Gasteiger partial charge on any atom is 0.343 e. The van der Waals surface area contributed by atoms with Crippen LogP contribution in [-0.2, 0) is 17.6 Å². The van der Waals surface area contributed by atoms with E-state index in [0.717, 1.165) is 36.3 Å².